The number of rotatable bonds is 4. The quantitative estimate of drug-likeness (QED) is 0.881. The molecule has 0 bridgehead atoms. The van der Waals surface area contributed by atoms with E-state index in [4.69, 9.17) is 5.11 Å². The highest BCUT2D eigenvalue weighted by molar-refractivity contribution is 5.95. The standard InChI is InChI=1S/C20H20FNO4/c21-17-7-5-13(6-8-17)18(23)14-9-11-22(12-10-14)19(24)15-1-3-16(4-2-15)20(25)26/h1-8,14,18,23H,9-12H2,(H,25,26)/t18-/m0/s1. The van der Waals surface area contributed by atoms with Gasteiger partial charge in [-0.2, -0.15) is 0 Å². The molecule has 0 unspecified atom stereocenters. The Hall–Kier alpha value is -2.73. The van der Waals surface area contributed by atoms with E-state index in [1.54, 1.807) is 17.0 Å². The third kappa shape index (κ3) is 3.91. The maximum absolute atomic E-state index is 13.0. The Balaban J connectivity index is 1.59. The second-order valence-electron chi connectivity index (χ2n) is 6.51. The average molecular weight is 357 g/mol. The summed E-state index contributed by atoms with van der Waals surface area (Å²) in [5, 5.41) is 19.4. The second kappa shape index (κ2) is 7.66. The molecule has 2 aromatic rings. The van der Waals surface area contributed by atoms with Crippen LogP contribution in [-0.4, -0.2) is 40.1 Å². The Kier molecular flexibility index (Phi) is 5.32. The number of halogens is 1. The summed E-state index contributed by atoms with van der Waals surface area (Å²) >= 11 is 0. The van der Waals surface area contributed by atoms with Gasteiger partial charge in [0.2, 0.25) is 0 Å². The fraction of sp³-hybridized carbons (Fsp3) is 0.300. The van der Waals surface area contributed by atoms with Crippen LogP contribution in [-0.2, 0) is 0 Å². The van der Waals surface area contributed by atoms with Crippen LogP contribution in [0.4, 0.5) is 4.39 Å². The smallest absolute Gasteiger partial charge is 0.335 e. The van der Waals surface area contributed by atoms with Crippen molar-refractivity contribution in [1.29, 1.82) is 0 Å². The molecular formula is C20H20FNO4. The first-order valence-corrected chi connectivity index (χ1v) is 8.52. The van der Waals surface area contributed by atoms with Crippen molar-refractivity contribution in [2.24, 2.45) is 5.92 Å². The normalized spacial score (nSPS) is 16.3. The average Bonchev–Trinajstić information content (AvgIpc) is 2.67. The van der Waals surface area contributed by atoms with Crippen molar-refractivity contribution in [3.63, 3.8) is 0 Å². The topological polar surface area (TPSA) is 77.8 Å². The molecule has 0 radical (unpaired) electrons. The summed E-state index contributed by atoms with van der Waals surface area (Å²) in [4.78, 5) is 25.1. The molecule has 0 aromatic heterocycles. The number of piperidine rings is 1. The van der Waals surface area contributed by atoms with E-state index in [9.17, 15) is 19.1 Å². The molecule has 0 saturated carbocycles. The maximum Gasteiger partial charge on any atom is 0.335 e. The third-order valence-electron chi connectivity index (χ3n) is 4.86. The van der Waals surface area contributed by atoms with Crippen LogP contribution >= 0.6 is 0 Å². The van der Waals surface area contributed by atoms with Gasteiger partial charge in [0.05, 0.1) is 11.7 Å². The molecule has 2 N–H and O–H groups in total. The lowest BCUT2D eigenvalue weighted by Crippen LogP contribution is -2.39. The Labute approximate surface area is 150 Å². The number of aromatic carboxylic acids is 1. The molecule has 26 heavy (non-hydrogen) atoms. The van der Waals surface area contributed by atoms with Gasteiger partial charge in [-0.05, 0) is 60.7 Å². The van der Waals surface area contributed by atoms with Crippen LogP contribution in [0.3, 0.4) is 0 Å². The second-order valence-corrected chi connectivity index (χ2v) is 6.51. The molecular weight excluding hydrogens is 337 g/mol. The fourth-order valence-electron chi connectivity index (χ4n) is 3.29. The highest BCUT2D eigenvalue weighted by Crippen LogP contribution is 2.31. The number of aliphatic hydroxyl groups is 1. The van der Waals surface area contributed by atoms with Gasteiger partial charge in [-0.3, -0.25) is 4.79 Å². The Morgan fingerprint density at radius 1 is 0.962 bits per heavy atom. The number of nitrogens with zero attached hydrogens (tertiary/aromatic N) is 1. The molecule has 1 heterocycles. The number of carboxylic acids is 1. The summed E-state index contributed by atoms with van der Waals surface area (Å²) in [7, 11) is 0. The summed E-state index contributed by atoms with van der Waals surface area (Å²) in [5.74, 6) is -1.49. The zero-order valence-electron chi connectivity index (χ0n) is 14.1. The molecule has 3 rings (SSSR count). The third-order valence-corrected chi connectivity index (χ3v) is 4.86. The lowest BCUT2D eigenvalue weighted by molar-refractivity contribution is 0.0462. The van der Waals surface area contributed by atoms with E-state index in [-0.39, 0.29) is 23.2 Å². The van der Waals surface area contributed by atoms with Gasteiger partial charge in [-0.25, -0.2) is 9.18 Å². The SMILES string of the molecule is O=C(O)c1ccc(C(=O)N2CCC([C@@H](O)c3ccc(F)cc3)CC2)cc1. The van der Waals surface area contributed by atoms with Gasteiger partial charge in [0.1, 0.15) is 5.82 Å². The fourth-order valence-corrected chi connectivity index (χ4v) is 3.29. The van der Waals surface area contributed by atoms with Crippen LogP contribution < -0.4 is 0 Å². The molecule has 1 aliphatic heterocycles. The van der Waals surface area contributed by atoms with Gasteiger partial charge in [-0.1, -0.05) is 12.1 Å². The van der Waals surface area contributed by atoms with Gasteiger partial charge in [0, 0.05) is 18.7 Å². The van der Waals surface area contributed by atoms with Crippen LogP contribution in [0.2, 0.25) is 0 Å². The van der Waals surface area contributed by atoms with E-state index in [1.165, 1.54) is 36.4 Å². The van der Waals surface area contributed by atoms with Crippen molar-refractivity contribution in [2.45, 2.75) is 18.9 Å². The molecule has 0 spiro atoms. The lowest BCUT2D eigenvalue weighted by Gasteiger charge is -2.34. The number of aliphatic hydroxyl groups excluding tert-OH is 1. The van der Waals surface area contributed by atoms with Crippen LogP contribution in [0.15, 0.2) is 48.5 Å². The number of hydrogen-bond donors (Lipinski definition) is 2. The summed E-state index contributed by atoms with van der Waals surface area (Å²) in [6.45, 7) is 1.03. The molecule has 1 atom stereocenters. The van der Waals surface area contributed by atoms with Gasteiger partial charge < -0.3 is 15.1 Å². The number of benzene rings is 2. The zero-order chi connectivity index (χ0) is 18.7. The van der Waals surface area contributed by atoms with Crippen molar-refractivity contribution in [1.82, 2.24) is 4.90 Å². The monoisotopic (exact) mass is 357 g/mol. The molecule has 136 valence electrons. The Morgan fingerprint density at radius 3 is 2.04 bits per heavy atom. The number of carboxylic acid groups (broad SMARTS) is 1. The van der Waals surface area contributed by atoms with Gasteiger partial charge in [0.15, 0.2) is 0 Å². The Morgan fingerprint density at radius 2 is 1.50 bits per heavy atom. The number of hydrogen-bond acceptors (Lipinski definition) is 3. The zero-order valence-corrected chi connectivity index (χ0v) is 14.1. The molecule has 2 aromatic carbocycles. The van der Waals surface area contributed by atoms with E-state index < -0.39 is 12.1 Å². The van der Waals surface area contributed by atoms with Crippen LogP contribution in [0.5, 0.6) is 0 Å². The van der Waals surface area contributed by atoms with E-state index in [0.29, 0.717) is 37.1 Å². The van der Waals surface area contributed by atoms with Crippen molar-refractivity contribution in [3.05, 3.63) is 71.0 Å². The predicted molar refractivity (Wildman–Crippen MR) is 93.4 cm³/mol. The largest absolute Gasteiger partial charge is 0.478 e. The van der Waals surface area contributed by atoms with Crippen LogP contribution in [0, 0.1) is 11.7 Å². The Bertz CT molecular complexity index is 780. The van der Waals surface area contributed by atoms with Gasteiger partial charge >= 0.3 is 5.97 Å². The summed E-state index contributed by atoms with van der Waals surface area (Å²) in [5.41, 5.74) is 1.27. The number of likely N-dealkylation sites (tertiary alicyclic amines) is 1. The van der Waals surface area contributed by atoms with Crippen molar-refractivity contribution < 1.29 is 24.2 Å². The highest BCUT2D eigenvalue weighted by Gasteiger charge is 2.28. The van der Waals surface area contributed by atoms with E-state index in [2.05, 4.69) is 0 Å². The highest BCUT2D eigenvalue weighted by atomic mass is 19.1. The number of carbonyl (C=O) groups is 2. The molecule has 6 heteroatoms. The summed E-state index contributed by atoms with van der Waals surface area (Å²) in [6, 6.07) is 11.7. The first kappa shape index (κ1) is 18.1. The summed E-state index contributed by atoms with van der Waals surface area (Å²) < 4.78 is 13.0. The van der Waals surface area contributed by atoms with Crippen LogP contribution in [0.25, 0.3) is 0 Å². The first-order chi connectivity index (χ1) is 12.5. The van der Waals surface area contributed by atoms with E-state index in [1.807, 2.05) is 0 Å². The molecule has 0 aliphatic carbocycles. The van der Waals surface area contributed by atoms with Gasteiger partial charge in [-0.15, -0.1) is 0 Å². The molecule has 5 nitrogen and oxygen atoms in total. The molecule has 1 fully saturated rings. The minimum Gasteiger partial charge on any atom is -0.478 e. The molecule has 1 saturated heterocycles. The number of amides is 1. The van der Waals surface area contributed by atoms with Crippen molar-refractivity contribution >= 4 is 11.9 Å². The summed E-state index contributed by atoms with van der Waals surface area (Å²) in [6.07, 6.45) is 0.623. The van der Waals surface area contributed by atoms with Gasteiger partial charge in [0.25, 0.3) is 5.91 Å². The van der Waals surface area contributed by atoms with Crippen molar-refractivity contribution in [2.75, 3.05) is 13.1 Å². The first-order valence-electron chi connectivity index (χ1n) is 8.52. The van der Waals surface area contributed by atoms with E-state index in [0.717, 1.165) is 0 Å². The minimum atomic E-state index is -1.03. The minimum absolute atomic E-state index is 0.0129. The molecule has 1 aliphatic rings. The number of carbonyl (C=O) groups excluding carboxylic acids is 1. The maximum atomic E-state index is 13.0. The van der Waals surface area contributed by atoms with Crippen molar-refractivity contribution in [3.8, 4) is 0 Å². The lowest BCUT2D eigenvalue weighted by atomic mass is 9.87. The molecule has 1 amide bonds. The van der Waals surface area contributed by atoms with E-state index >= 15 is 0 Å². The predicted octanol–water partition coefficient (Wildman–Crippen LogP) is 3.11. The van der Waals surface area contributed by atoms with Crippen LogP contribution in [0.1, 0.15) is 45.2 Å².